The molecule has 0 atom stereocenters. The molecule has 4 heteroatoms. The van der Waals surface area contributed by atoms with Gasteiger partial charge in [0.05, 0.1) is 7.11 Å². The van der Waals surface area contributed by atoms with Crippen LogP contribution in [0.15, 0.2) is 24.3 Å². The summed E-state index contributed by atoms with van der Waals surface area (Å²) >= 11 is 0. The molecule has 0 aliphatic heterocycles. The highest BCUT2D eigenvalue weighted by atomic mass is 19.1. The number of hydrogen-bond donors (Lipinski definition) is 1. The number of ether oxygens (including phenoxy) is 1. The lowest BCUT2D eigenvalue weighted by Gasteiger charge is -2.01. The fraction of sp³-hybridized carbons (Fsp3) is 0.125. The second-order valence-corrected chi connectivity index (χ2v) is 2.12. The van der Waals surface area contributed by atoms with Crippen molar-refractivity contribution < 1.29 is 13.9 Å². The molecule has 3 nitrogen and oxygen atoms in total. The van der Waals surface area contributed by atoms with Crippen molar-refractivity contribution in [2.45, 2.75) is 0 Å². The van der Waals surface area contributed by atoms with Gasteiger partial charge in [0.25, 0.3) is 0 Å². The Balaban J connectivity index is 2.64. The maximum absolute atomic E-state index is 12.4. The number of halogens is 1. The van der Waals surface area contributed by atoms with Crippen molar-refractivity contribution in [1.82, 2.24) is 0 Å². The Morgan fingerprint density at radius 1 is 1.42 bits per heavy atom. The summed E-state index contributed by atoms with van der Waals surface area (Å²) in [5.74, 6) is -0.342. The average Bonchev–Trinajstić information content (AvgIpc) is 2.09. The molecule has 0 aliphatic carbocycles. The van der Waals surface area contributed by atoms with E-state index in [1.807, 2.05) is 0 Å². The number of nitrogens with one attached hydrogen (secondary N) is 1. The first-order valence-electron chi connectivity index (χ1n) is 3.33. The van der Waals surface area contributed by atoms with E-state index < -0.39 is 6.09 Å². The molecule has 0 heterocycles. The standard InChI is InChI=1S/C8H8FNO2/c1-12-8(11)10-7-4-2-6(9)3-5-7/h2-5H,1H3,(H,10,11). The van der Waals surface area contributed by atoms with Crippen LogP contribution in [0.25, 0.3) is 0 Å². The molecular weight excluding hydrogens is 161 g/mol. The van der Waals surface area contributed by atoms with Gasteiger partial charge in [-0.05, 0) is 24.3 Å². The summed E-state index contributed by atoms with van der Waals surface area (Å²) in [5.41, 5.74) is 0.503. The predicted octanol–water partition coefficient (Wildman–Crippen LogP) is 2.00. The van der Waals surface area contributed by atoms with Crippen LogP contribution in [0.4, 0.5) is 14.9 Å². The van der Waals surface area contributed by atoms with Gasteiger partial charge >= 0.3 is 6.09 Å². The fourth-order valence-corrected chi connectivity index (χ4v) is 0.702. The number of rotatable bonds is 1. The zero-order valence-electron chi connectivity index (χ0n) is 6.50. The first-order chi connectivity index (χ1) is 5.72. The third kappa shape index (κ3) is 2.23. The number of hydrogen-bond acceptors (Lipinski definition) is 2. The van der Waals surface area contributed by atoms with Crippen LogP contribution >= 0.6 is 0 Å². The van der Waals surface area contributed by atoms with Crippen molar-refractivity contribution in [3.05, 3.63) is 30.1 Å². The molecule has 0 saturated heterocycles. The van der Waals surface area contributed by atoms with Gasteiger partial charge in [0.15, 0.2) is 0 Å². The van der Waals surface area contributed by atoms with Gasteiger partial charge in [-0.15, -0.1) is 0 Å². The van der Waals surface area contributed by atoms with Gasteiger partial charge < -0.3 is 4.74 Å². The van der Waals surface area contributed by atoms with Crippen LogP contribution in [0, 0.1) is 5.82 Å². The van der Waals surface area contributed by atoms with Crippen LogP contribution in [-0.2, 0) is 4.74 Å². The van der Waals surface area contributed by atoms with E-state index in [4.69, 9.17) is 0 Å². The quantitative estimate of drug-likeness (QED) is 0.698. The van der Waals surface area contributed by atoms with Crippen LogP contribution in [0.2, 0.25) is 0 Å². The number of anilines is 1. The Kier molecular flexibility index (Phi) is 2.63. The van der Waals surface area contributed by atoms with Crippen molar-refractivity contribution >= 4 is 11.8 Å². The van der Waals surface area contributed by atoms with Crippen LogP contribution < -0.4 is 5.32 Å². The molecule has 1 aromatic carbocycles. The zero-order valence-corrected chi connectivity index (χ0v) is 6.50. The van der Waals surface area contributed by atoms with E-state index in [1.165, 1.54) is 31.4 Å². The minimum atomic E-state index is -0.568. The molecule has 0 bridgehead atoms. The number of amides is 1. The third-order valence-electron chi connectivity index (χ3n) is 1.28. The molecule has 0 saturated carbocycles. The minimum absolute atomic E-state index is 0.342. The number of carbonyl (C=O) groups is 1. The summed E-state index contributed by atoms with van der Waals surface area (Å²) < 4.78 is 16.7. The van der Waals surface area contributed by atoms with Gasteiger partial charge in [-0.3, -0.25) is 5.32 Å². The lowest BCUT2D eigenvalue weighted by atomic mass is 10.3. The molecule has 0 fully saturated rings. The van der Waals surface area contributed by atoms with E-state index in [-0.39, 0.29) is 5.82 Å². The maximum atomic E-state index is 12.4. The smallest absolute Gasteiger partial charge is 0.411 e. The minimum Gasteiger partial charge on any atom is -0.453 e. The van der Waals surface area contributed by atoms with E-state index in [0.717, 1.165) is 0 Å². The molecule has 1 amide bonds. The zero-order chi connectivity index (χ0) is 8.97. The van der Waals surface area contributed by atoms with E-state index >= 15 is 0 Å². The highest BCUT2D eigenvalue weighted by Gasteiger charge is 1.98. The summed E-state index contributed by atoms with van der Waals surface area (Å²) in [6.07, 6.45) is -0.568. The molecule has 0 aliphatic rings. The van der Waals surface area contributed by atoms with E-state index in [1.54, 1.807) is 0 Å². The Morgan fingerprint density at radius 2 is 2.00 bits per heavy atom. The van der Waals surface area contributed by atoms with Crippen LogP contribution in [0.5, 0.6) is 0 Å². The van der Waals surface area contributed by atoms with Crippen LogP contribution in [0.1, 0.15) is 0 Å². The summed E-state index contributed by atoms with van der Waals surface area (Å²) in [5, 5.41) is 2.39. The van der Waals surface area contributed by atoms with Gasteiger partial charge in [0.1, 0.15) is 5.82 Å². The molecule has 1 rings (SSSR count). The summed E-state index contributed by atoms with van der Waals surface area (Å²) in [7, 11) is 1.26. The van der Waals surface area contributed by atoms with Gasteiger partial charge in [-0.2, -0.15) is 0 Å². The lowest BCUT2D eigenvalue weighted by molar-refractivity contribution is 0.187. The van der Waals surface area contributed by atoms with E-state index in [2.05, 4.69) is 10.1 Å². The Bertz CT molecular complexity index is 271. The highest BCUT2D eigenvalue weighted by Crippen LogP contribution is 2.07. The van der Waals surface area contributed by atoms with Crippen molar-refractivity contribution in [2.75, 3.05) is 12.4 Å². The molecule has 0 aromatic heterocycles. The Morgan fingerprint density at radius 3 is 2.50 bits per heavy atom. The second kappa shape index (κ2) is 3.71. The van der Waals surface area contributed by atoms with Crippen molar-refractivity contribution in [2.24, 2.45) is 0 Å². The van der Waals surface area contributed by atoms with Gasteiger partial charge in [0.2, 0.25) is 0 Å². The van der Waals surface area contributed by atoms with Crippen molar-refractivity contribution in [3.8, 4) is 0 Å². The number of carbonyl (C=O) groups excluding carboxylic acids is 1. The maximum Gasteiger partial charge on any atom is 0.411 e. The molecule has 0 unspecified atom stereocenters. The monoisotopic (exact) mass is 169 g/mol. The topological polar surface area (TPSA) is 38.3 Å². The predicted molar refractivity (Wildman–Crippen MR) is 42.4 cm³/mol. The largest absolute Gasteiger partial charge is 0.453 e. The Hall–Kier alpha value is -1.58. The molecule has 1 N–H and O–H groups in total. The SMILES string of the molecule is COC(=O)Nc1ccc(F)cc1. The van der Waals surface area contributed by atoms with Gasteiger partial charge in [-0.1, -0.05) is 0 Å². The third-order valence-corrected chi connectivity index (χ3v) is 1.28. The highest BCUT2D eigenvalue weighted by molar-refractivity contribution is 5.84. The lowest BCUT2D eigenvalue weighted by Crippen LogP contribution is -2.10. The molecule has 0 spiro atoms. The number of methoxy groups -OCH3 is 1. The average molecular weight is 169 g/mol. The van der Waals surface area contributed by atoms with E-state index in [9.17, 15) is 9.18 Å². The summed E-state index contributed by atoms with van der Waals surface area (Å²) in [4.78, 5) is 10.6. The second-order valence-electron chi connectivity index (χ2n) is 2.12. The fourth-order valence-electron chi connectivity index (χ4n) is 0.702. The normalized spacial score (nSPS) is 9.17. The van der Waals surface area contributed by atoms with Crippen molar-refractivity contribution in [3.63, 3.8) is 0 Å². The summed E-state index contributed by atoms with van der Waals surface area (Å²) in [6.45, 7) is 0. The molecule has 12 heavy (non-hydrogen) atoms. The molecule has 64 valence electrons. The molecule has 0 radical (unpaired) electrons. The first kappa shape index (κ1) is 8.52. The first-order valence-corrected chi connectivity index (χ1v) is 3.33. The molecule has 1 aromatic rings. The van der Waals surface area contributed by atoms with Gasteiger partial charge in [0, 0.05) is 5.69 Å². The Labute approximate surface area is 69.2 Å². The molecular formula is C8H8FNO2. The van der Waals surface area contributed by atoms with Crippen LogP contribution in [-0.4, -0.2) is 13.2 Å². The van der Waals surface area contributed by atoms with Crippen LogP contribution in [0.3, 0.4) is 0 Å². The van der Waals surface area contributed by atoms with Gasteiger partial charge in [-0.25, -0.2) is 9.18 Å². The van der Waals surface area contributed by atoms with E-state index in [0.29, 0.717) is 5.69 Å². The van der Waals surface area contributed by atoms with Crippen molar-refractivity contribution in [1.29, 1.82) is 0 Å². The number of benzene rings is 1. The summed E-state index contributed by atoms with van der Waals surface area (Å²) in [6, 6.07) is 5.41.